The van der Waals surface area contributed by atoms with E-state index in [0.29, 0.717) is 30.1 Å². The number of ether oxygens (including phenoxy) is 1. The topological polar surface area (TPSA) is 60.2 Å². The van der Waals surface area contributed by atoms with Crippen molar-refractivity contribution in [3.05, 3.63) is 41.7 Å². The largest absolute Gasteiger partial charge is 0.493 e. The smallest absolute Gasteiger partial charge is 0.163 e. The third kappa shape index (κ3) is 2.27. The second-order valence-electron chi connectivity index (χ2n) is 4.45. The zero-order valence-electron chi connectivity index (χ0n) is 11.8. The predicted molar refractivity (Wildman–Crippen MR) is 71.9 cm³/mol. The van der Waals surface area contributed by atoms with Crippen LogP contribution >= 0.6 is 0 Å². The van der Waals surface area contributed by atoms with Crippen LogP contribution in [0.2, 0.25) is 0 Å². The monoisotopic (exact) mass is 279 g/mol. The van der Waals surface area contributed by atoms with Crippen LogP contribution in [-0.4, -0.2) is 27.0 Å². The van der Waals surface area contributed by atoms with Crippen LogP contribution in [0.3, 0.4) is 0 Å². The molecule has 0 aliphatic heterocycles. The summed E-state index contributed by atoms with van der Waals surface area (Å²) in [4.78, 5) is 4.01. The third-order valence-corrected chi connectivity index (χ3v) is 3.38. The summed E-state index contributed by atoms with van der Waals surface area (Å²) in [5, 5.41) is 15.2. The van der Waals surface area contributed by atoms with Crippen LogP contribution in [0.5, 0.6) is 5.75 Å². The van der Waals surface area contributed by atoms with Gasteiger partial charge in [0.25, 0.3) is 0 Å². The molecule has 0 bridgehead atoms. The minimum Gasteiger partial charge on any atom is -0.493 e. The van der Waals surface area contributed by atoms with Gasteiger partial charge in [-0.15, -0.1) is 0 Å². The van der Waals surface area contributed by atoms with Gasteiger partial charge >= 0.3 is 0 Å². The van der Waals surface area contributed by atoms with Gasteiger partial charge in [0.2, 0.25) is 0 Å². The molecule has 20 heavy (non-hydrogen) atoms. The van der Waals surface area contributed by atoms with Gasteiger partial charge in [-0.1, -0.05) is 6.92 Å². The lowest BCUT2D eigenvalue weighted by Crippen LogP contribution is -2.31. The molecule has 2 heterocycles. The molecule has 0 amide bonds. The number of halogens is 1. The third-order valence-electron chi connectivity index (χ3n) is 3.38. The highest BCUT2D eigenvalue weighted by Gasteiger charge is 2.37. The average Bonchev–Trinajstić information content (AvgIpc) is 2.90. The number of hydrogen-bond acceptors (Lipinski definition) is 4. The molecule has 1 unspecified atom stereocenters. The molecular formula is C14H18FN3O2. The Bertz CT molecular complexity index is 561. The first kappa shape index (κ1) is 14.5. The summed E-state index contributed by atoms with van der Waals surface area (Å²) >= 11 is 0. The SMILES string of the molecule is CCn1ncc(OC)c1C(O)(CC)c1ccc(F)cn1. The van der Waals surface area contributed by atoms with E-state index in [4.69, 9.17) is 4.74 Å². The molecule has 0 aliphatic carbocycles. The maximum absolute atomic E-state index is 13.0. The minimum atomic E-state index is -1.37. The van der Waals surface area contributed by atoms with Gasteiger partial charge in [0, 0.05) is 6.54 Å². The van der Waals surface area contributed by atoms with Crippen LogP contribution in [0.25, 0.3) is 0 Å². The zero-order chi connectivity index (χ0) is 14.8. The van der Waals surface area contributed by atoms with E-state index in [1.165, 1.54) is 19.2 Å². The van der Waals surface area contributed by atoms with Crippen molar-refractivity contribution in [3.8, 4) is 5.75 Å². The molecule has 5 nitrogen and oxygen atoms in total. The molecule has 108 valence electrons. The molecule has 1 N–H and O–H groups in total. The molecule has 0 saturated heterocycles. The molecule has 6 heteroatoms. The van der Waals surface area contributed by atoms with Crippen molar-refractivity contribution in [2.45, 2.75) is 32.4 Å². The van der Waals surface area contributed by atoms with E-state index in [9.17, 15) is 9.50 Å². The number of rotatable bonds is 5. The van der Waals surface area contributed by atoms with Crippen molar-refractivity contribution in [1.29, 1.82) is 0 Å². The highest BCUT2D eigenvalue weighted by Crippen LogP contribution is 2.37. The summed E-state index contributed by atoms with van der Waals surface area (Å²) in [6, 6.07) is 2.76. The normalized spacial score (nSPS) is 14.1. The lowest BCUT2D eigenvalue weighted by Gasteiger charge is -2.27. The Kier molecular flexibility index (Phi) is 4.04. The standard InChI is InChI=1S/C14H18FN3O2/c1-4-14(19,12-7-6-10(15)8-16-12)13-11(20-3)9-17-18(13)5-2/h6-9,19H,4-5H2,1-3H3. The number of nitrogens with zero attached hydrogens (tertiary/aromatic N) is 3. The van der Waals surface area contributed by atoms with Crippen molar-refractivity contribution >= 4 is 0 Å². The Labute approximate surface area is 117 Å². The average molecular weight is 279 g/mol. The first-order valence-corrected chi connectivity index (χ1v) is 6.51. The van der Waals surface area contributed by atoms with Crippen LogP contribution in [0.15, 0.2) is 24.5 Å². The summed E-state index contributed by atoms with van der Waals surface area (Å²) < 4.78 is 20.0. The molecule has 0 saturated carbocycles. The van der Waals surface area contributed by atoms with Crippen molar-refractivity contribution < 1.29 is 14.2 Å². The lowest BCUT2D eigenvalue weighted by atomic mass is 9.91. The van der Waals surface area contributed by atoms with Gasteiger partial charge in [0.15, 0.2) is 11.4 Å². The minimum absolute atomic E-state index is 0.369. The van der Waals surface area contributed by atoms with Gasteiger partial charge < -0.3 is 9.84 Å². The van der Waals surface area contributed by atoms with Gasteiger partial charge in [-0.25, -0.2) is 4.39 Å². The Morgan fingerprint density at radius 3 is 2.60 bits per heavy atom. The Hall–Kier alpha value is -1.95. The zero-order valence-corrected chi connectivity index (χ0v) is 11.8. The molecule has 0 aliphatic rings. The van der Waals surface area contributed by atoms with E-state index in [0.717, 1.165) is 6.20 Å². The molecule has 2 aromatic rings. The Balaban J connectivity index is 2.60. The molecule has 2 rings (SSSR count). The van der Waals surface area contributed by atoms with E-state index < -0.39 is 11.4 Å². The van der Waals surface area contributed by atoms with Gasteiger partial charge in [-0.2, -0.15) is 5.10 Å². The fourth-order valence-corrected chi connectivity index (χ4v) is 2.27. The molecule has 2 aromatic heterocycles. The summed E-state index contributed by atoms with van der Waals surface area (Å²) in [5.41, 5.74) is -0.468. The van der Waals surface area contributed by atoms with Crippen molar-refractivity contribution in [1.82, 2.24) is 14.8 Å². The molecule has 0 aromatic carbocycles. The highest BCUT2D eigenvalue weighted by molar-refractivity contribution is 5.37. The van der Waals surface area contributed by atoms with Crippen LogP contribution in [0.4, 0.5) is 4.39 Å². The maximum Gasteiger partial charge on any atom is 0.163 e. The molecular weight excluding hydrogens is 261 g/mol. The van der Waals surface area contributed by atoms with Crippen molar-refractivity contribution in [2.24, 2.45) is 0 Å². The van der Waals surface area contributed by atoms with Gasteiger partial charge in [-0.05, 0) is 25.5 Å². The van der Waals surface area contributed by atoms with Crippen molar-refractivity contribution in [3.63, 3.8) is 0 Å². The second kappa shape index (κ2) is 5.58. The molecule has 0 radical (unpaired) electrons. The lowest BCUT2D eigenvalue weighted by molar-refractivity contribution is 0.0593. The number of methoxy groups -OCH3 is 1. The molecule has 0 spiro atoms. The number of hydrogen-bond donors (Lipinski definition) is 1. The molecule has 0 fully saturated rings. The number of aryl methyl sites for hydroxylation is 1. The number of aromatic nitrogens is 3. The van der Waals surface area contributed by atoms with Crippen molar-refractivity contribution in [2.75, 3.05) is 7.11 Å². The van der Waals surface area contributed by atoms with Crippen LogP contribution in [0, 0.1) is 5.82 Å². The quantitative estimate of drug-likeness (QED) is 0.910. The Morgan fingerprint density at radius 2 is 2.10 bits per heavy atom. The van der Waals surface area contributed by atoms with Crippen LogP contribution in [-0.2, 0) is 12.1 Å². The summed E-state index contributed by atoms with van der Waals surface area (Å²) in [6.45, 7) is 4.34. The fraction of sp³-hybridized carbons (Fsp3) is 0.429. The van der Waals surface area contributed by atoms with Crippen LogP contribution in [0.1, 0.15) is 31.7 Å². The molecule has 1 atom stereocenters. The van der Waals surface area contributed by atoms with Crippen LogP contribution < -0.4 is 4.74 Å². The number of pyridine rings is 1. The van der Waals surface area contributed by atoms with Gasteiger partial charge in [0.1, 0.15) is 11.5 Å². The second-order valence-corrected chi connectivity index (χ2v) is 4.45. The first-order chi connectivity index (χ1) is 9.56. The fourth-order valence-electron chi connectivity index (χ4n) is 2.27. The summed E-state index contributed by atoms with van der Waals surface area (Å²) in [6.07, 6.45) is 3.02. The van der Waals surface area contributed by atoms with E-state index in [1.807, 2.05) is 13.8 Å². The predicted octanol–water partition coefficient (Wildman–Crippen LogP) is 2.09. The maximum atomic E-state index is 13.0. The number of aliphatic hydroxyl groups is 1. The first-order valence-electron chi connectivity index (χ1n) is 6.51. The summed E-state index contributed by atoms with van der Waals surface area (Å²) in [7, 11) is 1.52. The Morgan fingerprint density at radius 1 is 1.35 bits per heavy atom. The highest BCUT2D eigenvalue weighted by atomic mass is 19.1. The van der Waals surface area contributed by atoms with E-state index >= 15 is 0 Å². The van der Waals surface area contributed by atoms with Gasteiger partial charge in [-0.3, -0.25) is 9.67 Å². The van der Waals surface area contributed by atoms with E-state index in [1.54, 1.807) is 10.9 Å². The van der Waals surface area contributed by atoms with Gasteiger partial charge in [0.05, 0.1) is 25.2 Å². The summed E-state index contributed by atoms with van der Waals surface area (Å²) in [5.74, 6) is 0.0468. The van der Waals surface area contributed by atoms with E-state index in [2.05, 4.69) is 10.1 Å². The van der Waals surface area contributed by atoms with E-state index in [-0.39, 0.29) is 0 Å².